The molecule has 0 radical (unpaired) electrons. The molecule has 2 heteroatoms. The minimum Gasteiger partial charge on any atom is -0.206 e. The van der Waals surface area contributed by atoms with Crippen LogP contribution in [0.3, 0.4) is 0 Å². The van der Waals surface area contributed by atoms with Crippen molar-refractivity contribution in [3.8, 4) is 0 Å². The van der Waals surface area contributed by atoms with E-state index < -0.39 is 5.92 Å². The van der Waals surface area contributed by atoms with Gasteiger partial charge in [0.2, 0.25) is 0 Å². The Hall–Kier alpha value is -0.140. The molecule has 1 fully saturated rings. The fraction of sp³-hybridized carbons (Fsp3) is 1.00. The molecule has 1 aliphatic carbocycles. The Labute approximate surface area is 79.7 Å². The Balaban J connectivity index is 2.35. The van der Waals surface area contributed by atoms with Crippen LogP contribution < -0.4 is 0 Å². The van der Waals surface area contributed by atoms with Crippen molar-refractivity contribution in [1.29, 1.82) is 0 Å². The zero-order valence-electron chi connectivity index (χ0n) is 8.98. The first kappa shape index (κ1) is 10.9. The first-order chi connectivity index (χ1) is 5.91. The lowest BCUT2D eigenvalue weighted by Crippen LogP contribution is -2.09. The van der Waals surface area contributed by atoms with E-state index in [2.05, 4.69) is 20.8 Å². The van der Waals surface area contributed by atoms with E-state index in [0.717, 1.165) is 6.42 Å². The smallest absolute Gasteiger partial charge is 0.206 e. The molecule has 0 nitrogen and oxygen atoms in total. The van der Waals surface area contributed by atoms with Gasteiger partial charge in [-0.25, -0.2) is 8.78 Å². The summed E-state index contributed by atoms with van der Waals surface area (Å²) < 4.78 is 25.8. The van der Waals surface area contributed by atoms with Gasteiger partial charge >= 0.3 is 0 Å². The molecule has 4 unspecified atom stereocenters. The van der Waals surface area contributed by atoms with Crippen LogP contribution >= 0.6 is 0 Å². The van der Waals surface area contributed by atoms with Gasteiger partial charge in [-0.3, -0.25) is 0 Å². The summed E-state index contributed by atoms with van der Waals surface area (Å²) in [5.41, 5.74) is 0. The number of halogens is 2. The van der Waals surface area contributed by atoms with Crippen LogP contribution in [0.4, 0.5) is 8.78 Å². The molecule has 13 heavy (non-hydrogen) atoms. The molecule has 0 heterocycles. The van der Waals surface area contributed by atoms with E-state index in [9.17, 15) is 8.78 Å². The summed E-state index contributed by atoms with van der Waals surface area (Å²) in [5.74, 6) is -2.06. The van der Waals surface area contributed by atoms with Crippen molar-refractivity contribution in [3.63, 3.8) is 0 Å². The van der Waals surface area contributed by atoms with Crippen molar-refractivity contribution in [2.24, 2.45) is 23.7 Å². The van der Waals surface area contributed by atoms with Gasteiger partial charge in [0.25, 0.3) is 5.92 Å². The Kier molecular flexibility index (Phi) is 2.98. The molecule has 78 valence electrons. The standard InChI is InChI=1S/C11H20F2/c1-5-7(2)8(3)6-10-9(4)11(10,12)13/h7-10H,5-6H2,1-4H3. The number of hydrogen-bond acceptors (Lipinski definition) is 0. The van der Waals surface area contributed by atoms with Crippen LogP contribution in [0.2, 0.25) is 0 Å². The van der Waals surface area contributed by atoms with Crippen molar-refractivity contribution >= 4 is 0 Å². The van der Waals surface area contributed by atoms with Gasteiger partial charge in [0.15, 0.2) is 0 Å². The summed E-state index contributed by atoms with van der Waals surface area (Å²) in [6, 6.07) is 0. The van der Waals surface area contributed by atoms with Crippen LogP contribution in [0.15, 0.2) is 0 Å². The van der Waals surface area contributed by atoms with E-state index in [1.807, 2.05) is 0 Å². The lowest BCUT2D eigenvalue weighted by atomic mass is 9.89. The predicted octanol–water partition coefficient (Wildman–Crippen LogP) is 3.96. The Morgan fingerprint density at radius 2 is 1.69 bits per heavy atom. The summed E-state index contributed by atoms with van der Waals surface area (Å²) in [5, 5.41) is 0. The average Bonchev–Trinajstić information content (AvgIpc) is 2.53. The van der Waals surface area contributed by atoms with Gasteiger partial charge < -0.3 is 0 Å². The first-order valence-electron chi connectivity index (χ1n) is 5.29. The quantitative estimate of drug-likeness (QED) is 0.629. The van der Waals surface area contributed by atoms with E-state index in [1.165, 1.54) is 0 Å². The minimum atomic E-state index is -2.36. The summed E-state index contributed by atoms with van der Waals surface area (Å²) >= 11 is 0. The maximum atomic E-state index is 12.9. The van der Waals surface area contributed by atoms with Crippen LogP contribution in [0.1, 0.15) is 40.5 Å². The number of alkyl halides is 2. The van der Waals surface area contributed by atoms with Gasteiger partial charge in [0.1, 0.15) is 0 Å². The SMILES string of the molecule is CCC(C)C(C)CC1C(C)C1(F)F. The molecule has 0 aromatic rings. The van der Waals surface area contributed by atoms with Crippen LogP contribution in [0, 0.1) is 23.7 Å². The fourth-order valence-corrected chi connectivity index (χ4v) is 1.96. The molecule has 4 atom stereocenters. The molecule has 0 bridgehead atoms. The highest BCUT2D eigenvalue weighted by atomic mass is 19.3. The van der Waals surface area contributed by atoms with Gasteiger partial charge in [0.05, 0.1) is 0 Å². The van der Waals surface area contributed by atoms with Gasteiger partial charge in [-0.2, -0.15) is 0 Å². The lowest BCUT2D eigenvalue weighted by Gasteiger charge is -2.17. The molecular formula is C11H20F2. The Morgan fingerprint density at radius 3 is 2.00 bits per heavy atom. The maximum Gasteiger partial charge on any atom is 0.254 e. The van der Waals surface area contributed by atoms with Gasteiger partial charge in [-0.15, -0.1) is 0 Å². The van der Waals surface area contributed by atoms with E-state index in [4.69, 9.17) is 0 Å². The highest BCUT2D eigenvalue weighted by Crippen LogP contribution is 2.58. The molecule has 1 aliphatic rings. The molecule has 0 amide bonds. The van der Waals surface area contributed by atoms with E-state index >= 15 is 0 Å². The van der Waals surface area contributed by atoms with Gasteiger partial charge in [0, 0.05) is 11.8 Å². The largest absolute Gasteiger partial charge is 0.254 e. The molecule has 1 rings (SSSR count). The van der Waals surface area contributed by atoms with Crippen LogP contribution in [-0.2, 0) is 0 Å². The highest BCUT2D eigenvalue weighted by Gasteiger charge is 2.64. The van der Waals surface area contributed by atoms with Crippen molar-refractivity contribution in [2.75, 3.05) is 0 Å². The highest BCUT2D eigenvalue weighted by molar-refractivity contribution is 5.02. The normalized spacial score (nSPS) is 35.5. The fourth-order valence-electron chi connectivity index (χ4n) is 1.96. The third kappa shape index (κ3) is 2.03. The Bertz CT molecular complexity index is 177. The second-order valence-electron chi connectivity index (χ2n) is 4.67. The molecule has 0 spiro atoms. The third-order valence-electron chi connectivity index (χ3n) is 3.84. The monoisotopic (exact) mass is 190 g/mol. The minimum absolute atomic E-state index is 0.337. The Morgan fingerprint density at radius 1 is 1.23 bits per heavy atom. The third-order valence-corrected chi connectivity index (χ3v) is 3.84. The van der Waals surface area contributed by atoms with Crippen LogP contribution in [0.5, 0.6) is 0 Å². The van der Waals surface area contributed by atoms with E-state index in [0.29, 0.717) is 18.3 Å². The summed E-state index contributed by atoms with van der Waals surface area (Å²) in [6.07, 6.45) is 1.79. The van der Waals surface area contributed by atoms with E-state index in [-0.39, 0.29) is 11.8 Å². The zero-order chi connectivity index (χ0) is 10.2. The molecule has 0 aromatic carbocycles. The van der Waals surface area contributed by atoms with Crippen molar-refractivity contribution in [1.82, 2.24) is 0 Å². The van der Waals surface area contributed by atoms with Crippen LogP contribution in [-0.4, -0.2) is 5.92 Å². The summed E-state index contributed by atoms with van der Waals surface area (Å²) in [7, 11) is 0. The average molecular weight is 190 g/mol. The second-order valence-corrected chi connectivity index (χ2v) is 4.67. The molecular weight excluding hydrogens is 170 g/mol. The van der Waals surface area contributed by atoms with E-state index in [1.54, 1.807) is 6.92 Å². The van der Waals surface area contributed by atoms with Crippen LogP contribution in [0.25, 0.3) is 0 Å². The topological polar surface area (TPSA) is 0 Å². The van der Waals surface area contributed by atoms with Gasteiger partial charge in [-0.05, 0) is 18.3 Å². The number of hydrogen-bond donors (Lipinski definition) is 0. The maximum absolute atomic E-state index is 12.9. The molecule has 0 N–H and O–H groups in total. The summed E-state index contributed by atoms with van der Waals surface area (Å²) in [6.45, 7) is 8.02. The second kappa shape index (κ2) is 3.55. The lowest BCUT2D eigenvalue weighted by molar-refractivity contribution is 0.0805. The van der Waals surface area contributed by atoms with Crippen molar-refractivity contribution < 1.29 is 8.78 Å². The van der Waals surface area contributed by atoms with Crippen molar-refractivity contribution in [2.45, 2.75) is 46.5 Å². The predicted molar refractivity (Wildman–Crippen MR) is 50.8 cm³/mol. The molecule has 0 saturated heterocycles. The van der Waals surface area contributed by atoms with Gasteiger partial charge in [-0.1, -0.05) is 34.1 Å². The first-order valence-corrected chi connectivity index (χ1v) is 5.29. The van der Waals surface area contributed by atoms with Crippen molar-refractivity contribution in [3.05, 3.63) is 0 Å². The zero-order valence-corrected chi connectivity index (χ0v) is 8.98. The summed E-state index contributed by atoms with van der Waals surface area (Å²) in [4.78, 5) is 0. The molecule has 0 aliphatic heterocycles. The molecule has 0 aromatic heterocycles. The number of rotatable bonds is 4. The molecule has 1 saturated carbocycles.